The fourth-order valence-electron chi connectivity index (χ4n) is 1.69. The fourth-order valence-corrected chi connectivity index (χ4v) is 2.97. The predicted octanol–water partition coefficient (Wildman–Crippen LogP) is -0.593. The molecule has 0 aromatic rings. The minimum absolute atomic E-state index is 0.195. The molecule has 0 aromatic heterocycles. The quantitative estimate of drug-likeness (QED) is 0.625. The van der Waals surface area contributed by atoms with Gasteiger partial charge in [0.1, 0.15) is 5.92 Å². The lowest BCUT2D eigenvalue weighted by atomic mass is 10.00. The van der Waals surface area contributed by atoms with E-state index in [-0.39, 0.29) is 6.61 Å². The van der Waals surface area contributed by atoms with Crippen LogP contribution in [0.25, 0.3) is 0 Å². The molecule has 6 heteroatoms. The molecule has 2 unspecified atom stereocenters. The topological polar surface area (TPSA) is 82.4 Å². The molecule has 2 aliphatic heterocycles. The van der Waals surface area contributed by atoms with Crippen molar-refractivity contribution < 1.29 is 17.9 Å². The summed E-state index contributed by atoms with van der Waals surface area (Å²) in [7, 11) is -3.19. The number of ether oxygens (including phenoxy) is 1. The zero-order valence-electron chi connectivity index (χ0n) is 7.69. The van der Waals surface area contributed by atoms with Crippen LogP contribution in [0.4, 0.5) is 0 Å². The molecular formula is C8H11NO4S. The molecule has 1 saturated heterocycles. The lowest BCUT2D eigenvalue weighted by Gasteiger charge is -2.26. The molecule has 14 heavy (non-hydrogen) atoms. The number of hydrogen-bond acceptors (Lipinski definition) is 5. The van der Waals surface area contributed by atoms with Crippen LogP contribution in [-0.2, 0) is 19.4 Å². The van der Waals surface area contributed by atoms with Crippen molar-refractivity contribution in [1.29, 1.82) is 0 Å². The van der Waals surface area contributed by atoms with Crippen LogP contribution in [-0.4, -0.2) is 32.5 Å². The van der Waals surface area contributed by atoms with Gasteiger partial charge in [0, 0.05) is 18.2 Å². The van der Waals surface area contributed by atoms with Crippen molar-refractivity contribution in [3.05, 3.63) is 11.9 Å². The number of nitrogens with one attached hydrogen (secondary N) is 1. The van der Waals surface area contributed by atoms with Gasteiger partial charge >= 0.3 is 5.97 Å². The van der Waals surface area contributed by atoms with Crippen molar-refractivity contribution in [1.82, 2.24) is 5.32 Å². The highest BCUT2D eigenvalue weighted by Gasteiger charge is 2.44. The van der Waals surface area contributed by atoms with E-state index in [2.05, 4.69) is 5.32 Å². The third-order valence-corrected chi connectivity index (χ3v) is 4.08. The maximum absolute atomic E-state index is 11.4. The summed E-state index contributed by atoms with van der Waals surface area (Å²) < 4.78 is 27.7. The highest BCUT2D eigenvalue weighted by molar-refractivity contribution is 7.91. The van der Waals surface area contributed by atoms with Gasteiger partial charge in [-0.15, -0.1) is 0 Å². The van der Waals surface area contributed by atoms with Crippen molar-refractivity contribution in [2.45, 2.75) is 11.7 Å². The summed E-state index contributed by atoms with van der Waals surface area (Å²) in [6.45, 7) is 0.195. The van der Waals surface area contributed by atoms with Gasteiger partial charge in [0.05, 0.1) is 11.9 Å². The van der Waals surface area contributed by atoms with Gasteiger partial charge < -0.3 is 10.1 Å². The Balaban J connectivity index is 2.29. The molecule has 5 nitrogen and oxygen atoms in total. The van der Waals surface area contributed by atoms with Crippen LogP contribution >= 0.6 is 0 Å². The van der Waals surface area contributed by atoms with Crippen LogP contribution in [0.1, 0.15) is 6.42 Å². The Kier molecular flexibility index (Phi) is 2.02. The number of sulfone groups is 1. The fraction of sp³-hybridized carbons (Fsp3) is 0.625. The first-order valence-corrected chi connectivity index (χ1v) is 6.28. The third-order valence-electron chi connectivity index (χ3n) is 2.47. The molecule has 0 aromatic carbocycles. The Hall–Kier alpha value is -1.04. The van der Waals surface area contributed by atoms with Crippen molar-refractivity contribution in [2.24, 2.45) is 5.92 Å². The van der Waals surface area contributed by atoms with E-state index in [4.69, 9.17) is 4.74 Å². The SMILES string of the molecule is CS(=O)(=O)C1CCOC(=O)C1C1=CN1. The number of carbonyl (C=O) groups excluding carboxylic acids is 1. The van der Waals surface area contributed by atoms with Crippen LogP contribution in [0.3, 0.4) is 0 Å². The van der Waals surface area contributed by atoms with E-state index in [1.807, 2.05) is 0 Å². The summed E-state index contributed by atoms with van der Waals surface area (Å²) >= 11 is 0. The van der Waals surface area contributed by atoms with E-state index in [0.717, 1.165) is 6.26 Å². The molecule has 0 saturated carbocycles. The van der Waals surface area contributed by atoms with Gasteiger partial charge in [0.25, 0.3) is 0 Å². The molecule has 0 spiro atoms. The smallest absolute Gasteiger partial charge is 0.316 e. The van der Waals surface area contributed by atoms with E-state index in [1.165, 1.54) is 0 Å². The highest BCUT2D eigenvalue weighted by Crippen LogP contribution is 2.30. The monoisotopic (exact) mass is 217 g/mol. The van der Waals surface area contributed by atoms with Gasteiger partial charge in [-0.1, -0.05) is 0 Å². The molecule has 78 valence electrons. The zero-order chi connectivity index (χ0) is 10.3. The van der Waals surface area contributed by atoms with Crippen molar-refractivity contribution >= 4 is 15.8 Å². The summed E-state index contributed by atoms with van der Waals surface area (Å²) in [5.74, 6) is -1.08. The van der Waals surface area contributed by atoms with Crippen LogP contribution in [0.15, 0.2) is 11.9 Å². The molecule has 0 aliphatic carbocycles. The van der Waals surface area contributed by atoms with E-state index in [0.29, 0.717) is 12.1 Å². The normalized spacial score (nSPS) is 31.5. The van der Waals surface area contributed by atoms with Gasteiger partial charge in [-0.25, -0.2) is 8.42 Å². The maximum atomic E-state index is 11.4. The summed E-state index contributed by atoms with van der Waals surface area (Å²) in [5.41, 5.74) is 0.671. The minimum Gasteiger partial charge on any atom is -0.465 e. The van der Waals surface area contributed by atoms with E-state index >= 15 is 0 Å². The molecular weight excluding hydrogens is 206 g/mol. The summed E-state index contributed by atoms with van der Waals surface area (Å²) in [5, 5.41) is 2.13. The lowest BCUT2D eigenvalue weighted by molar-refractivity contribution is -0.150. The largest absolute Gasteiger partial charge is 0.465 e. The van der Waals surface area contributed by atoms with Crippen LogP contribution in [0.2, 0.25) is 0 Å². The number of rotatable bonds is 2. The Labute approximate surface area is 82.0 Å². The van der Waals surface area contributed by atoms with Crippen molar-refractivity contribution in [3.63, 3.8) is 0 Å². The molecule has 2 heterocycles. The van der Waals surface area contributed by atoms with Crippen molar-refractivity contribution in [2.75, 3.05) is 12.9 Å². The molecule has 1 N–H and O–H groups in total. The molecule has 0 bridgehead atoms. The molecule has 1 fully saturated rings. The lowest BCUT2D eigenvalue weighted by Crippen LogP contribution is -2.41. The summed E-state index contributed by atoms with van der Waals surface area (Å²) in [6.07, 6.45) is 3.18. The van der Waals surface area contributed by atoms with Gasteiger partial charge in [0.15, 0.2) is 9.84 Å². The Bertz CT molecular complexity index is 398. The number of carbonyl (C=O) groups is 1. The van der Waals surface area contributed by atoms with E-state index in [9.17, 15) is 13.2 Å². The first-order chi connectivity index (χ1) is 6.50. The van der Waals surface area contributed by atoms with Crippen LogP contribution < -0.4 is 5.32 Å². The van der Waals surface area contributed by atoms with Gasteiger partial charge in [-0.05, 0) is 6.42 Å². The van der Waals surface area contributed by atoms with Gasteiger partial charge in [0.2, 0.25) is 0 Å². The average molecular weight is 217 g/mol. The maximum Gasteiger partial charge on any atom is 0.316 e. The third kappa shape index (κ3) is 1.61. The van der Waals surface area contributed by atoms with Crippen molar-refractivity contribution in [3.8, 4) is 0 Å². The summed E-state index contributed by atoms with van der Waals surface area (Å²) in [4.78, 5) is 11.4. The Morgan fingerprint density at radius 2 is 2.21 bits per heavy atom. The van der Waals surface area contributed by atoms with Gasteiger partial charge in [-0.3, -0.25) is 4.79 Å². The second kappa shape index (κ2) is 2.98. The molecule has 2 rings (SSSR count). The second-order valence-corrected chi connectivity index (χ2v) is 5.81. The predicted molar refractivity (Wildman–Crippen MR) is 48.9 cm³/mol. The number of esters is 1. The molecule has 2 aliphatic rings. The first kappa shape index (κ1) is 9.51. The Morgan fingerprint density at radius 1 is 1.57 bits per heavy atom. The highest BCUT2D eigenvalue weighted by atomic mass is 32.2. The molecule has 2 atom stereocenters. The molecule has 0 amide bonds. The van der Waals surface area contributed by atoms with E-state index in [1.54, 1.807) is 6.20 Å². The average Bonchev–Trinajstić information content (AvgIpc) is 2.85. The van der Waals surface area contributed by atoms with E-state index < -0.39 is 27.0 Å². The van der Waals surface area contributed by atoms with Crippen LogP contribution in [0, 0.1) is 5.92 Å². The summed E-state index contributed by atoms with van der Waals surface area (Å²) in [6, 6.07) is 0. The number of cyclic esters (lactones) is 1. The minimum atomic E-state index is -3.19. The Morgan fingerprint density at radius 3 is 2.71 bits per heavy atom. The first-order valence-electron chi connectivity index (χ1n) is 4.32. The molecule has 0 radical (unpaired) electrons. The zero-order valence-corrected chi connectivity index (χ0v) is 8.50. The number of hydrogen-bond donors (Lipinski definition) is 1. The van der Waals surface area contributed by atoms with Crippen LogP contribution in [0.5, 0.6) is 0 Å². The second-order valence-electron chi connectivity index (χ2n) is 3.55. The van der Waals surface area contributed by atoms with Gasteiger partial charge in [-0.2, -0.15) is 0 Å². The standard InChI is InChI=1S/C8H11NO4S/c1-14(11,12)6-2-3-13-8(10)7(6)5-4-9-5/h4,6-7,9H,2-3H2,1H3.